The molecule has 0 bridgehead atoms. The number of rotatable bonds is 2. The van der Waals surface area contributed by atoms with E-state index >= 15 is 0 Å². The number of halogens is 1. The van der Waals surface area contributed by atoms with Crippen molar-refractivity contribution in [3.63, 3.8) is 0 Å². The first-order valence-corrected chi connectivity index (χ1v) is 5.06. The molecule has 0 saturated carbocycles. The lowest BCUT2D eigenvalue weighted by molar-refractivity contribution is -0.217. The number of hydrogen-bond donors (Lipinski definition) is 0. The molecule has 4 heteroatoms. The Hall–Kier alpha value is -0.420. The van der Waals surface area contributed by atoms with E-state index in [2.05, 4.69) is 15.9 Å². The molecule has 1 aromatic rings. The number of benzene rings is 1. The van der Waals surface area contributed by atoms with Gasteiger partial charge in [0, 0.05) is 29.8 Å². The van der Waals surface area contributed by atoms with E-state index < -0.39 is 0 Å². The third-order valence-corrected chi connectivity index (χ3v) is 2.73. The minimum Gasteiger partial charge on any atom is -0.352 e. The first-order chi connectivity index (χ1) is 6.76. The zero-order valence-corrected chi connectivity index (χ0v) is 9.58. The Morgan fingerprint density at radius 3 is 2.43 bits per heavy atom. The topological polar surface area (TPSA) is 27.7 Å². The lowest BCUT2D eigenvalue weighted by Gasteiger charge is -2.10. The fourth-order valence-corrected chi connectivity index (χ4v) is 1.97. The van der Waals surface area contributed by atoms with Gasteiger partial charge in [-0.15, -0.1) is 0 Å². The average Bonchev–Trinajstić information content (AvgIpc) is 2.55. The van der Waals surface area contributed by atoms with Crippen LogP contribution in [0.25, 0.3) is 0 Å². The molecule has 1 aliphatic heterocycles. The summed E-state index contributed by atoms with van der Waals surface area (Å²) in [5.74, 6) is 0. The van der Waals surface area contributed by atoms with Gasteiger partial charge in [-0.1, -0.05) is 22.0 Å². The molecule has 2 rings (SSSR count). The van der Waals surface area contributed by atoms with Gasteiger partial charge in [0.25, 0.3) is 0 Å². The summed E-state index contributed by atoms with van der Waals surface area (Å²) < 4.78 is 16.9. The third kappa shape index (κ3) is 1.59. The summed E-state index contributed by atoms with van der Waals surface area (Å²) in [5, 5.41) is 0. The van der Waals surface area contributed by atoms with Crippen molar-refractivity contribution in [2.24, 2.45) is 0 Å². The SMILES string of the molecule is COC1OC(OC)c2cc(Br)ccc21. The molecule has 1 aliphatic rings. The smallest absolute Gasteiger partial charge is 0.187 e. The Bertz CT molecular complexity index is 340. The minimum atomic E-state index is -0.326. The van der Waals surface area contributed by atoms with E-state index in [1.54, 1.807) is 14.2 Å². The van der Waals surface area contributed by atoms with Gasteiger partial charge in [0.1, 0.15) is 0 Å². The first-order valence-electron chi connectivity index (χ1n) is 4.26. The second-order valence-electron chi connectivity index (χ2n) is 3.04. The molecule has 0 aromatic heterocycles. The van der Waals surface area contributed by atoms with Gasteiger partial charge in [0.15, 0.2) is 12.6 Å². The molecule has 76 valence electrons. The summed E-state index contributed by atoms with van der Waals surface area (Å²) in [6.07, 6.45) is -0.643. The van der Waals surface area contributed by atoms with Gasteiger partial charge in [0.05, 0.1) is 0 Å². The highest BCUT2D eigenvalue weighted by atomic mass is 79.9. The number of fused-ring (bicyclic) bond motifs is 1. The Morgan fingerprint density at radius 1 is 1.14 bits per heavy atom. The molecule has 3 nitrogen and oxygen atoms in total. The summed E-state index contributed by atoms with van der Waals surface area (Å²) in [6, 6.07) is 5.93. The maximum Gasteiger partial charge on any atom is 0.187 e. The summed E-state index contributed by atoms with van der Waals surface area (Å²) >= 11 is 3.41. The second kappa shape index (κ2) is 3.98. The second-order valence-corrected chi connectivity index (χ2v) is 3.96. The molecule has 0 radical (unpaired) electrons. The number of methoxy groups -OCH3 is 2. The summed E-state index contributed by atoms with van der Waals surface area (Å²) in [4.78, 5) is 0. The quantitative estimate of drug-likeness (QED) is 0.817. The molecule has 0 saturated heterocycles. The van der Waals surface area contributed by atoms with Crippen LogP contribution in [0.4, 0.5) is 0 Å². The predicted molar refractivity (Wildman–Crippen MR) is 54.7 cm³/mol. The number of ether oxygens (including phenoxy) is 3. The van der Waals surface area contributed by atoms with E-state index in [1.165, 1.54) is 0 Å². The van der Waals surface area contributed by atoms with Crippen LogP contribution in [-0.2, 0) is 14.2 Å². The lowest BCUT2D eigenvalue weighted by atomic mass is 10.1. The van der Waals surface area contributed by atoms with Crippen molar-refractivity contribution in [2.45, 2.75) is 12.6 Å². The van der Waals surface area contributed by atoms with E-state index in [0.29, 0.717) is 0 Å². The van der Waals surface area contributed by atoms with E-state index in [9.17, 15) is 0 Å². The largest absolute Gasteiger partial charge is 0.352 e. The zero-order valence-electron chi connectivity index (χ0n) is 7.99. The van der Waals surface area contributed by atoms with Crippen molar-refractivity contribution in [2.75, 3.05) is 14.2 Å². The normalized spacial score (nSPS) is 25.1. The van der Waals surface area contributed by atoms with Crippen LogP contribution in [0.5, 0.6) is 0 Å². The van der Waals surface area contributed by atoms with E-state index in [-0.39, 0.29) is 12.6 Å². The maximum absolute atomic E-state index is 5.52. The van der Waals surface area contributed by atoms with Crippen LogP contribution in [-0.4, -0.2) is 14.2 Å². The predicted octanol–water partition coefficient (Wildman–Crippen LogP) is 2.77. The molecule has 0 spiro atoms. The first kappa shape index (κ1) is 10.1. The van der Waals surface area contributed by atoms with Gasteiger partial charge < -0.3 is 14.2 Å². The summed E-state index contributed by atoms with van der Waals surface area (Å²) in [6.45, 7) is 0. The van der Waals surface area contributed by atoms with Gasteiger partial charge in [0.2, 0.25) is 0 Å². The molecule has 2 atom stereocenters. The molecular formula is C10H11BrO3. The fraction of sp³-hybridized carbons (Fsp3) is 0.400. The molecule has 0 amide bonds. The van der Waals surface area contributed by atoms with Crippen molar-refractivity contribution in [3.8, 4) is 0 Å². The highest BCUT2D eigenvalue weighted by molar-refractivity contribution is 9.10. The zero-order chi connectivity index (χ0) is 10.1. The van der Waals surface area contributed by atoms with Crippen molar-refractivity contribution >= 4 is 15.9 Å². The highest BCUT2D eigenvalue weighted by Gasteiger charge is 2.31. The van der Waals surface area contributed by atoms with Crippen molar-refractivity contribution < 1.29 is 14.2 Å². The molecule has 0 N–H and O–H groups in total. The van der Waals surface area contributed by atoms with E-state index in [1.807, 2.05) is 18.2 Å². The standard InChI is InChI=1S/C10H11BrO3/c1-12-9-7-4-3-6(11)5-8(7)10(13-2)14-9/h3-5,9-10H,1-2H3. The molecule has 1 aromatic carbocycles. The van der Waals surface area contributed by atoms with Gasteiger partial charge in [-0.25, -0.2) is 0 Å². The number of hydrogen-bond acceptors (Lipinski definition) is 3. The van der Waals surface area contributed by atoms with Gasteiger partial charge in [-0.2, -0.15) is 0 Å². The van der Waals surface area contributed by atoms with Crippen molar-refractivity contribution in [1.29, 1.82) is 0 Å². The summed E-state index contributed by atoms with van der Waals surface area (Å²) in [7, 11) is 3.24. The maximum atomic E-state index is 5.52. The Labute approximate surface area is 91.1 Å². The van der Waals surface area contributed by atoms with Crippen LogP contribution < -0.4 is 0 Å². The van der Waals surface area contributed by atoms with Crippen molar-refractivity contribution in [3.05, 3.63) is 33.8 Å². The van der Waals surface area contributed by atoms with Gasteiger partial charge in [-0.3, -0.25) is 0 Å². The lowest BCUT2D eigenvalue weighted by Crippen LogP contribution is -2.01. The highest BCUT2D eigenvalue weighted by Crippen LogP contribution is 2.40. The Kier molecular flexibility index (Phi) is 2.88. The molecule has 1 heterocycles. The molecular weight excluding hydrogens is 248 g/mol. The molecule has 2 unspecified atom stereocenters. The van der Waals surface area contributed by atoms with Gasteiger partial charge in [-0.05, 0) is 12.1 Å². The van der Waals surface area contributed by atoms with E-state index in [4.69, 9.17) is 14.2 Å². The monoisotopic (exact) mass is 258 g/mol. The Balaban J connectivity index is 2.42. The van der Waals surface area contributed by atoms with Crippen LogP contribution in [0.3, 0.4) is 0 Å². The fourth-order valence-electron chi connectivity index (χ4n) is 1.59. The summed E-state index contributed by atoms with van der Waals surface area (Å²) in [5.41, 5.74) is 2.05. The van der Waals surface area contributed by atoms with Crippen LogP contribution in [0.15, 0.2) is 22.7 Å². The van der Waals surface area contributed by atoms with E-state index in [0.717, 1.165) is 15.6 Å². The molecule has 14 heavy (non-hydrogen) atoms. The minimum absolute atomic E-state index is 0.317. The Morgan fingerprint density at radius 2 is 1.79 bits per heavy atom. The molecule has 0 fully saturated rings. The van der Waals surface area contributed by atoms with Crippen LogP contribution in [0.2, 0.25) is 0 Å². The van der Waals surface area contributed by atoms with Crippen molar-refractivity contribution in [1.82, 2.24) is 0 Å². The molecule has 0 aliphatic carbocycles. The van der Waals surface area contributed by atoms with Gasteiger partial charge >= 0.3 is 0 Å². The van der Waals surface area contributed by atoms with Crippen LogP contribution >= 0.6 is 15.9 Å². The third-order valence-electron chi connectivity index (χ3n) is 2.23. The average molecular weight is 259 g/mol. The van der Waals surface area contributed by atoms with Crippen LogP contribution in [0, 0.1) is 0 Å². The van der Waals surface area contributed by atoms with Crippen LogP contribution in [0.1, 0.15) is 23.7 Å².